The standard InChI is InChI=1S/C42H31NP2/c1-6-16-32(17-7-1)43-41-30-37(44(33-18-8-2-9-19-33)34-20-10-3-11-21-34)26-28-39(41)40-29-27-38(31-42(40)43)45(35-22-12-4-13-23-35)36-24-14-5-15-25-36/h1-31H. The minimum atomic E-state index is -0.717. The van der Waals surface area contributed by atoms with Crippen LogP contribution in [0.4, 0.5) is 0 Å². The predicted octanol–water partition coefficient (Wildman–Crippen LogP) is 8.30. The van der Waals surface area contributed by atoms with Gasteiger partial charge in [0.25, 0.3) is 0 Å². The second-order valence-electron chi connectivity index (χ2n) is 11.1. The lowest BCUT2D eigenvalue weighted by atomic mass is 10.1. The Morgan fingerprint density at radius 3 is 0.933 bits per heavy atom. The second kappa shape index (κ2) is 12.3. The minimum Gasteiger partial charge on any atom is -0.309 e. The Kier molecular flexibility index (Phi) is 7.58. The molecule has 0 unspecified atom stereocenters. The first-order chi connectivity index (χ1) is 22.3. The Morgan fingerprint density at radius 1 is 0.289 bits per heavy atom. The third kappa shape index (κ3) is 5.30. The highest BCUT2D eigenvalue weighted by atomic mass is 31.1. The summed E-state index contributed by atoms with van der Waals surface area (Å²) in [6.45, 7) is 0. The fraction of sp³-hybridized carbons (Fsp3) is 0. The summed E-state index contributed by atoms with van der Waals surface area (Å²) < 4.78 is 2.48. The zero-order valence-electron chi connectivity index (χ0n) is 24.7. The van der Waals surface area contributed by atoms with Crippen molar-refractivity contribution in [2.24, 2.45) is 0 Å². The molecule has 0 atom stereocenters. The molecule has 3 heteroatoms. The van der Waals surface area contributed by atoms with E-state index < -0.39 is 15.8 Å². The average molecular weight is 612 g/mol. The van der Waals surface area contributed by atoms with Gasteiger partial charge in [0.2, 0.25) is 0 Å². The molecule has 0 aliphatic rings. The Hall–Kier alpha value is -4.80. The molecular formula is C42H31NP2. The molecule has 0 N–H and O–H groups in total. The van der Waals surface area contributed by atoms with E-state index in [-0.39, 0.29) is 0 Å². The van der Waals surface area contributed by atoms with Gasteiger partial charge in [-0.3, -0.25) is 0 Å². The van der Waals surface area contributed by atoms with Crippen LogP contribution in [0.3, 0.4) is 0 Å². The molecule has 0 bridgehead atoms. The minimum absolute atomic E-state index is 0.717. The van der Waals surface area contributed by atoms with Crippen molar-refractivity contribution in [3.8, 4) is 5.69 Å². The fourth-order valence-corrected chi connectivity index (χ4v) is 11.0. The van der Waals surface area contributed by atoms with Gasteiger partial charge < -0.3 is 4.57 Å². The maximum atomic E-state index is 2.48. The van der Waals surface area contributed by atoms with Crippen molar-refractivity contribution in [1.29, 1.82) is 0 Å². The summed E-state index contributed by atoms with van der Waals surface area (Å²) >= 11 is 0. The molecule has 0 fully saturated rings. The summed E-state index contributed by atoms with van der Waals surface area (Å²) in [6, 6.07) is 69.1. The van der Waals surface area contributed by atoms with Gasteiger partial charge >= 0.3 is 0 Å². The van der Waals surface area contributed by atoms with Gasteiger partial charge in [-0.15, -0.1) is 0 Å². The van der Waals surface area contributed by atoms with Crippen molar-refractivity contribution >= 4 is 69.5 Å². The topological polar surface area (TPSA) is 4.93 Å². The van der Waals surface area contributed by atoms with Gasteiger partial charge in [-0.2, -0.15) is 0 Å². The zero-order valence-corrected chi connectivity index (χ0v) is 26.5. The zero-order chi connectivity index (χ0) is 30.0. The number of benzene rings is 7. The van der Waals surface area contributed by atoms with Crippen molar-refractivity contribution in [3.63, 3.8) is 0 Å². The first-order valence-electron chi connectivity index (χ1n) is 15.3. The third-order valence-electron chi connectivity index (χ3n) is 8.32. The lowest BCUT2D eigenvalue weighted by Crippen LogP contribution is -2.20. The van der Waals surface area contributed by atoms with Gasteiger partial charge in [0.1, 0.15) is 0 Å². The number of rotatable bonds is 7. The molecule has 8 aromatic rings. The number of hydrogen-bond acceptors (Lipinski definition) is 0. The molecule has 0 spiro atoms. The predicted molar refractivity (Wildman–Crippen MR) is 198 cm³/mol. The van der Waals surface area contributed by atoms with Crippen LogP contribution in [0.2, 0.25) is 0 Å². The van der Waals surface area contributed by atoms with Crippen LogP contribution in [0.1, 0.15) is 0 Å². The first-order valence-corrected chi connectivity index (χ1v) is 18.0. The molecule has 0 radical (unpaired) electrons. The summed E-state index contributed by atoms with van der Waals surface area (Å²) in [4.78, 5) is 0. The van der Waals surface area contributed by atoms with Crippen LogP contribution in [0.25, 0.3) is 27.5 Å². The molecule has 0 aliphatic heterocycles. The largest absolute Gasteiger partial charge is 0.309 e. The van der Waals surface area contributed by atoms with Crippen LogP contribution in [-0.2, 0) is 0 Å². The smallest absolute Gasteiger partial charge is 0.0547 e. The molecule has 0 saturated heterocycles. The second-order valence-corrected chi connectivity index (χ2v) is 15.5. The van der Waals surface area contributed by atoms with Crippen LogP contribution < -0.4 is 31.8 Å². The monoisotopic (exact) mass is 611 g/mol. The van der Waals surface area contributed by atoms with E-state index >= 15 is 0 Å². The number of aromatic nitrogens is 1. The van der Waals surface area contributed by atoms with E-state index in [1.807, 2.05) is 0 Å². The number of fused-ring (bicyclic) bond motifs is 3. The van der Waals surface area contributed by atoms with E-state index in [4.69, 9.17) is 0 Å². The molecule has 7 aromatic carbocycles. The molecule has 0 aliphatic carbocycles. The normalized spacial score (nSPS) is 11.5. The van der Waals surface area contributed by atoms with E-state index in [0.29, 0.717) is 0 Å². The van der Waals surface area contributed by atoms with E-state index in [9.17, 15) is 0 Å². The number of nitrogens with zero attached hydrogens (tertiary/aromatic N) is 1. The fourth-order valence-electron chi connectivity index (χ4n) is 6.33. The molecule has 0 saturated carbocycles. The first kappa shape index (κ1) is 27.7. The van der Waals surface area contributed by atoms with Gasteiger partial charge in [0, 0.05) is 16.5 Å². The summed E-state index contributed by atoms with van der Waals surface area (Å²) in [7, 11) is -1.43. The van der Waals surface area contributed by atoms with Gasteiger partial charge in [-0.25, -0.2) is 0 Å². The summed E-state index contributed by atoms with van der Waals surface area (Å²) in [5.74, 6) is 0. The summed E-state index contributed by atoms with van der Waals surface area (Å²) in [5.41, 5.74) is 3.67. The van der Waals surface area contributed by atoms with E-state index in [1.54, 1.807) is 0 Å². The lowest BCUT2D eigenvalue weighted by Gasteiger charge is -2.20. The highest BCUT2D eigenvalue weighted by Crippen LogP contribution is 2.39. The Morgan fingerprint density at radius 2 is 0.600 bits per heavy atom. The lowest BCUT2D eigenvalue weighted by molar-refractivity contribution is 1.18. The Balaban J connectivity index is 1.38. The van der Waals surface area contributed by atoms with Gasteiger partial charge in [0.15, 0.2) is 0 Å². The molecule has 8 rings (SSSR count). The van der Waals surface area contributed by atoms with Crippen molar-refractivity contribution in [1.82, 2.24) is 4.57 Å². The van der Waals surface area contributed by atoms with Gasteiger partial charge in [-0.05, 0) is 71.9 Å². The summed E-state index contributed by atoms with van der Waals surface area (Å²) in [5, 5.41) is 10.7. The van der Waals surface area contributed by atoms with Crippen molar-refractivity contribution in [2.45, 2.75) is 0 Å². The SMILES string of the molecule is c1ccc(-n2c3cc(P(c4ccccc4)c4ccccc4)ccc3c3ccc(P(c4ccccc4)c4ccccc4)cc32)cc1. The van der Waals surface area contributed by atoms with Crippen molar-refractivity contribution in [3.05, 3.63) is 188 Å². The van der Waals surface area contributed by atoms with Crippen LogP contribution in [0.5, 0.6) is 0 Å². The summed E-state index contributed by atoms with van der Waals surface area (Å²) in [6.07, 6.45) is 0. The quantitative estimate of drug-likeness (QED) is 0.160. The highest BCUT2D eigenvalue weighted by Gasteiger charge is 2.22. The molecular weight excluding hydrogens is 580 g/mol. The molecule has 1 aromatic heterocycles. The van der Waals surface area contributed by atoms with Gasteiger partial charge in [-0.1, -0.05) is 164 Å². The van der Waals surface area contributed by atoms with Crippen LogP contribution >= 0.6 is 15.8 Å². The molecule has 45 heavy (non-hydrogen) atoms. The number of hydrogen-bond donors (Lipinski definition) is 0. The molecule has 1 nitrogen and oxygen atoms in total. The number of para-hydroxylation sites is 1. The van der Waals surface area contributed by atoms with Gasteiger partial charge in [0.05, 0.1) is 11.0 Å². The van der Waals surface area contributed by atoms with Crippen LogP contribution in [0, 0.1) is 0 Å². The van der Waals surface area contributed by atoms with E-state index in [0.717, 1.165) is 0 Å². The molecule has 1 heterocycles. The highest BCUT2D eigenvalue weighted by molar-refractivity contribution is 7.80. The average Bonchev–Trinajstić information content (AvgIpc) is 3.44. The Labute approximate surface area is 266 Å². The molecule has 214 valence electrons. The van der Waals surface area contributed by atoms with E-state index in [2.05, 4.69) is 193 Å². The van der Waals surface area contributed by atoms with Crippen LogP contribution in [-0.4, -0.2) is 4.57 Å². The van der Waals surface area contributed by atoms with Crippen LogP contribution in [0.15, 0.2) is 188 Å². The van der Waals surface area contributed by atoms with E-state index in [1.165, 1.54) is 59.3 Å². The maximum Gasteiger partial charge on any atom is 0.0547 e. The third-order valence-corrected chi connectivity index (χ3v) is 13.2. The Bertz CT molecular complexity index is 1980. The maximum absolute atomic E-state index is 2.48. The molecule has 0 amide bonds. The van der Waals surface area contributed by atoms with Crippen molar-refractivity contribution in [2.75, 3.05) is 0 Å². The van der Waals surface area contributed by atoms with Crippen molar-refractivity contribution < 1.29 is 0 Å².